The number of amides is 2. The third kappa shape index (κ3) is 6.78. The number of carboxylic acid groups (broad SMARTS) is 1. The van der Waals surface area contributed by atoms with Gasteiger partial charge in [-0.25, -0.2) is 4.79 Å². The average Bonchev–Trinajstić information content (AvgIpc) is 2.22. The molecule has 0 aromatic heterocycles. The highest BCUT2D eigenvalue weighted by atomic mass is 16.4. The molecule has 17 heavy (non-hydrogen) atoms. The summed E-state index contributed by atoms with van der Waals surface area (Å²) in [5.74, 6) is -0.880. The van der Waals surface area contributed by atoms with Crippen molar-refractivity contribution < 1.29 is 19.8 Å². The monoisotopic (exact) mass is 246 g/mol. The summed E-state index contributed by atoms with van der Waals surface area (Å²) in [6, 6.07) is -0.281. The first kappa shape index (κ1) is 15.7. The summed E-state index contributed by atoms with van der Waals surface area (Å²) in [6.45, 7) is 6.07. The van der Waals surface area contributed by atoms with Gasteiger partial charge in [0.2, 0.25) is 0 Å². The van der Waals surface area contributed by atoms with Gasteiger partial charge in [0.05, 0.1) is 6.61 Å². The number of aliphatic hydroxyl groups is 1. The number of nitrogens with zero attached hydrogens (tertiary/aromatic N) is 1. The van der Waals surface area contributed by atoms with Crippen LogP contribution in [0.25, 0.3) is 0 Å². The van der Waals surface area contributed by atoms with Crippen LogP contribution in [0.1, 0.15) is 33.6 Å². The maximum atomic E-state index is 11.8. The topological polar surface area (TPSA) is 89.9 Å². The van der Waals surface area contributed by atoms with Crippen molar-refractivity contribution in [1.82, 2.24) is 10.2 Å². The number of hydrogen-bond donors (Lipinski definition) is 3. The van der Waals surface area contributed by atoms with Crippen LogP contribution in [0.15, 0.2) is 0 Å². The Bertz CT molecular complexity index is 266. The van der Waals surface area contributed by atoms with Crippen molar-refractivity contribution in [2.75, 3.05) is 19.7 Å². The number of likely N-dealkylation sites (N-methyl/N-ethyl adjacent to an activating group) is 1. The van der Waals surface area contributed by atoms with Crippen molar-refractivity contribution in [2.24, 2.45) is 0 Å². The molecule has 6 nitrogen and oxygen atoms in total. The largest absolute Gasteiger partial charge is 0.481 e. The van der Waals surface area contributed by atoms with Gasteiger partial charge in [-0.3, -0.25) is 4.79 Å². The number of hydrogen-bond acceptors (Lipinski definition) is 3. The van der Waals surface area contributed by atoms with Crippen LogP contribution in [-0.2, 0) is 4.79 Å². The van der Waals surface area contributed by atoms with Crippen LogP contribution in [0, 0.1) is 0 Å². The molecule has 0 rings (SSSR count). The molecule has 0 aromatic carbocycles. The molecule has 0 saturated carbocycles. The molecule has 0 heterocycles. The van der Waals surface area contributed by atoms with E-state index < -0.39 is 11.5 Å². The number of carbonyl (C=O) groups is 2. The highest BCUT2D eigenvalue weighted by Gasteiger charge is 2.23. The molecule has 0 spiro atoms. The molecule has 0 aliphatic heterocycles. The van der Waals surface area contributed by atoms with E-state index in [2.05, 4.69) is 5.32 Å². The number of carbonyl (C=O) groups excluding carboxylic acids is 1. The normalized spacial score (nSPS) is 11.1. The van der Waals surface area contributed by atoms with Crippen LogP contribution < -0.4 is 5.32 Å². The fourth-order valence-corrected chi connectivity index (χ4v) is 1.37. The Kier molecular flexibility index (Phi) is 6.57. The Morgan fingerprint density at radius 1 is 1.35 bits per heavy atom. The van der Waals surface area contributed by atoms with Gasteiger partial charge in [-0.2, -0.15) is 0 Å². The van der Waals surface area contributed by atoms with Gasteiger partial charge >= 0.3 is 12.0 Å². The minimum absolute atomic E-state index is 0.0133. The zero-order chi connectivity index (χ0) is 13.5. The zero-order valence-corrected chi connectivity index (χ0v) is 10.7. The van der Waals surface area contributed by atoms with Gasteiger partial charge in [-0.15, -0.1) is 0 Å². The van der Waals surface area contributed by atoms with Crippen LogP contribution in [0.5, 0.6) is 0 Å². The van der Waals surface area contributed by atoms with E-state index in [-0.39, 0.29) is 25.6 Å². The zero-order valence-electron chi connectivity index (χ0n) is 10.7. The lowest BCUT2D eigenvalue weighted by Gasteiger charge is -2.30. The first-order valence-corrected chi connectivity index (χ1v) is 5.72. The first-order chi connectivity index (χ1) is 7.82. The van der Waals surface area contributed by atoms with Crippen LogP contribution in [0.3, 0.4) is 0 Å². The molecule has 0 aliphatic carbocycles. The summed E-state index contributed by atoms with van der Waals surface area (Å²) in [6.07, 6.45) is 0.379. The summed E-state index contributed by atoms with van der Waals surface area (Å²) in [7, 11) is 0. The lowest BCUT2D eigenvalue weighted by atomic mass is 9.99. The molecule has 0 atom stereocenters. The number of carboxylic acids is 1. The predicted molar refractivity (Wildman–Crippen MR) is 63.8 cm³/mol. The van der Waals surface area contributed by atoms with Gasteiger partial charge in [0.15, 0.2) is 0 Å². The minimum Gasteiger partial charge on any atom is -0.481 e. The van der Waals surface area contributed by atoms with Crippen molar-refractivity contribution in [3.05, 3.63) is 0 Å². The summed E-state index contributed by atoms with van der Waals surface area (Å²) < 4.78 is 0. The molecule has 3 N–H and O–H groups in total. The summed E-state index contributed by atoms with van der Waals surface area (Å²) in [5.41, 5.74) is -0.571. The second-order valence-electron chi connectivity index (χ2n) is 4.51. The van der Waals surface area contributed by atoms with Gasteiger partial charge < -0.3 is 20.4 Å². The molecule has 0 bridgehead atoms. The van der Waals surface area contributed by atoms with E-state index >= 15 is 0 Å². The second-order valence-corrected chi connectivity index (χ2v) is 4.51. The maximum Gasteiger partial charge on any atom is 0.317 e. The number of urea groups is 1. The Balaban J connectivity index is 4.28. The molecular weight excluding hydrogens is 224 g/mol. The summed E-state index contributed by atoms with van der Waals surface area (Å²) in [5, 5.41) is 20.1. The van der Waals surface area contributed by atoms with Crippen molar-refractivity contribution in [1.29, 1.82) is 0 Å². The second kappa shape index (κ2) is 7.11. The molecule has 0 unspecified atom stereocenters. The molecule has 2 amide bonds. The minimum atomic E-state index is -0.880. The van der Waals surface area contributed by atoms with E-state index in [1.165, 1.54) is 4.90 Å². The third-order valence-corrected chi connectivity index (χ3v) is 2.45. The summed E-state index contributed by atoms with van der Waals surface area (Å²) >= 11 is 0. The van der Waals surface area contributed by atoms with E-state index in [0.717, 1.165) is 0 Å². The molecule has 0 radical (unpaired) electrons. The first-order valence-electron chi connectivity index (χ1n) is 5.72. The van der Waals surface area contributed by atoms with Crippen LogP contribution in [0.4, 0.5) is 4.79 Å². The Labute approximate surface area is 102 Å². The predicted octanol–water partition coefficient (Wildman–Crippen LogP) is 0.654. The van der Waals surface area contributed by atoms with Gasteiger partial charge in [0, 0.05) is 25.0 Å². The molecule has 0 saturated heterocycles. The average molecular weight is 246 g/mol. The molecule has 6 heteroatoms. The maximum absolute atomic E-state index is 11.8. The smallest absolute Gasteiger partial charge is 0.317 e. The van der Waals surface area contributed by atoms with E-state index in [4.69, 9.17) is 10.2 Å². The highest BCUT2D eigenvalue weighted by molar-refractivity contribution is 5.75. The molecular formula is C11H22N2O4. The van der Waals surface area contributed by atoms with E-state index in [0.29, 0.717) is 13.0 Å². The van der Waals surface area contributed by atoms with Crippen LogP contribution in [0.2, 0.25) is 0 Å². The molecule has 100 valence electrons. The van der Waals surface area contributed by atoms with Crippen LogP contribution >= 0.6 is 0 Å². The fraction of sp³-hybridized carbons (Fsp3) is 0.818. The van der Waals surface area contributed by atoms with Crippen molar-refractivity contribution in [3.63, 3.8) is 0 Å². The number of nitrogens with one attached hydrogen (secondary N) is 1. The summed E-state index contributed by atoms with van der Waals surface area (Å²) in [4.78, 5) is 23.7. The standard InChI is InChI=1S/C11H22N2O4/c1-4-13(7-8-14)10(17)12-11(2,3)6-5-9(15)16/h14H,4-8H2,1-3H3,(H,12,17)(H,15,16). The number of aliphatic hydroxyl groups excluding tert-OH is 1. The number of aliphatic carboxylic acids is 1. The van der Waals surface area contributed by atoms with Crippen molar-refractivity contribution >= 4 is 12.0 Å². The highest BCUT2D eigenvalue weighted by Crippen LogP contribution is 2.11. The van der Waals surface area contributed by atoms with Crippen LogP contribution in [-0.4, -0.2) is 52.3 Å². The molecule has 0 aromatic rings. The van der Waals surface area contributed by atoms with E-state index in [9.17, 15) is 9.59 Å². The lowest BCUT2D eigenvalue weighted by Crippen LogP contribution is -2.50. The Morgan fingerprint density at radius 2 is 1.94 bits per heavy atom. The fourth-order valence-electron chi connectivity index (χ4n) is 1.37. The van der Waals surface area contributed by atoms with Gasteiger partial charge in [-0.05, 0) is 27.2 Å². The van der Waals surface area contributed by atoms with E-state index in [1.807, 2.05) is 6.92 Å². The quantitative estimate of drug-likeness (QED) is 0.615. The lowest BCUT2D eigenvalue weighted by molar-refractivity contribution is -0.137. The molecule has 0 aliphatic rings. The van der Waals surface area contributed by atoms with Gasteiger partial charge in [-0.1, -0.05) is 0 Å². The third-order valence-electron chi connectivity index (χ3n) is 2.45. The Morgan fingerprint density at radius 3 is 2.35 bits per heavy atom. The van der Waals surface area contributed by atoms with Gasteiger partial charge in [0.1, 0.15) is 0 Å². The Hall–Kier alpha value is -1.30. The SMILES string of the molecule is CCN(CCO)C(=O)NC(C)(C)CCC(=O)O. The van der Waals surface area contributed by atoms with Crippen molar-refractivity contribution in [3.8, 4) is 0 Å². The number of rotatable bonds is 7. The van der Waals surface area contributed by atoms with E-state index in [1.54, 1.807) is 13.8 Å². The van der Waals surface area contributed by atoms with Crippen molar-refractivity contribution in [2.45, 2.75) is 39.2 Å². The van der Waals surface area contributed by atoms with Gasteiger partial charge in [0.25, 0.3) is 0 Å². The molecule has 0 fully saturated rings.